The summed E-state index contributed by atoms with van der Waals surface area (Å²) in [5.41, 5.74) is 1.77. The van der Waals surface area contributed by atoms with Crippen molar-refractivity contribution >= 4 is 27.4 Å². The van der Waals surface area contributed by atoms with Crippen LogP contribution in [0.4, 0.5) is 10.1 Å². The first-order chi connectivity index (χ1) is 11.6. The fourth-order valence-corrected chi connectivity index (χ4v) is 3.28. The third-order valence-electron chi connectivity index (χ3n) is 3.42. The van der Waals surface area contributed by atoms with Gasteiger partial charge in [-0.15, -0.1) is 0 Å². The van der Waals surface area contributed by atoms with Gasteiger partial charge in [-0.1, -0.05) is 17.4 Å². The number of pyridine rings is 1. The van der Waals surface area contributed by atoms with Crippen molar-refractivity contribution in [3.05, 3.63) is 48.5 Å². The Hall–Kier alpha value is -2.67. The lowest BCUT2D eigenvalue weighted by Gasteiger charge is -2.17. The molecule has 0 atom stereocenters. The van der Waals surface area contributed by atoms with Crippen molar-refractivity contribution in [2.24, 2.45) is 0 Å². The van der Waals surface area contributed by atoms with Gasteiger partial charge in [0.25, 0.3) is 0 Å². The second-order valence-electron chi connectivity index (χ2n) is 5.32. The van der Waals surface area contributed by atoms with E-state index in [2.05, 4.69) is 20.2 Å². The summed E-state index contributed by atoms with van der Waals surface area (Å²) in [6, 6.07) is 9.59. The third-order valence-corrected chi connectivity index (χ3v) is 4.51. The molecular weight excluding hydrogens is 324 g/mol. The molecule has 0 aromatic carbocycles. The normalized spacial score (nSPS) is 10.6. The average molecular weight is 342 g/mol. The van der Waals surface area contributed by atoms with Crippen molar-refractivity contribution < 1.29 is 9.21 Å². The van der Waals surface area contributed by atoms with Crippen LogP contribution in [0.15, 0.2) is 47.2 Å². The number of rotatable bonds is 6. The SMILES string of the molecule is CC(=O)Nc1nc(-c2ccco2)c(N(C)CCc2ccccn2)s1. The van der Waals surface area contributed by atoms with E-state index < -0.39 is 0 Å². The van der Waals surface area contributed by atoms with Gasteiger partial charge in [0.05, 0.1) is 6.26 Å². The fraction of sp³-hybridized carbons (Fsp3) is 0.235. The van der Waals surface area contributed by atoms with Crippen LogP contribution in [0.25, 0.3) is 11.5 Å². The number of thiazole rings is 1. The molecule has 3 rings (SSSR count). The summed E-state index contributed by atoms with van der Waals surface area (Å²) in [6.07, 6.45) is 4.23. The molecule has 1 N–H and O–H groups in total. The Morgan fingerprint density at radius 1 is 1.33 bits per heavy atom. The molecule has 0 aliphatic heterocycles. The van der Waals surface area contributed by atoms with E-state index in [-0.39, 0.29) is 5.91 Å². The molecule has 3 aromatic heterocycles. The second kappa shape index (κ2) is 7.27. The van der Waals surface area contributed by atoms with Gasteiger partial charge in [0.2, 0.25) is 5.91 Å². The number of amides is 1. The minimum Gasteiger partial charge on any atom is -0.463 e. The van der Waals surface area contributed by atoms with Crippen LogP contribution in [0.1, 0.15) is 12.6 Å². The molecule has 124 valence electrons. The van der Waals surface area contributed by atoms with E-state index in [1.807, 2.05) is 37.4 Å². The Bertz CT molecular complexity index is 799. The van der Waals surface area contributed by atoms with Crippen LogP contribution >= 0.6 is 11.3 Å². The molecule has 7 heteroatoms. The first-order valence-electron chi connectivity index (χ1n) is 7.57. The summed E-state index contributed by atoms with van der Waals surface area (Å²) < 4.78 is 5.48. The number of carbonyl (C=O) groups is 1. The second-order valence-corrected chi connectivity index (χ2v) is 6.30. The lowest BCUT2D eigenvalue weighted by molar-refractivity contribution is -0.114. The summed E-state index contributed by atoms with van der Waals surface area (Å²) >= 11 is 1.43. The van der Waals surface area contributed by atoms with Crippen molar-refractivity contribution in [3.63, 3.8) is 0 Å². The van der Waals surface area contributed by atoms with Crippen molar-refractivity contribution in [1.82, 2.24) is 9.97 Å². The van der Waals surface area contributed by atoms with E-state index in [0.29, 0.717) is 10.9 Å². The topological polar surface area (TPSA) is 71.3 Å². The first kappa shape index (κ1) is 16.2. The van der Waals surface area contributed by atoms with Gasteiger partial charge in [-0.25, -0.2) is 4.98 Å². The number of hydrogen-bond acceptors (Lipinski definition) is 6. The summed E-state index contributed by atoms with van der Waals surface area (Å²) in [7, 11) is 2.00. The lowest BCUT2D eigenvalue weighted by atomic mass is 10.2. The van der Waals surface area contributed by atoms with Crippen molar-refractivity contribution in [2.45, 2.75) is 13.3 Å². The van der Waals surface area contributed by atoms with Gasteiger partial charge >= 0.3 is 0 Å². The molecule has 0 fully saturated rings. The molecule has 0 saturated carbocycles. The maximum Gasteiger partial charge on any atom is 0.223 e. The number of hydrogen-bond donors (Lipinski definition) is 1. The minimum atomic E-state index is -0.141. The molecule has 0 radical (unpaired) electrons. The molecule has 3 heterocycles. The zero-order chi connectivity index (χ0) is 16.9. The summed E-state index contributed by atoms with van der Waals surface area (Å²) in [5.74, 6) is 0.542. The van der Waals surface area contributed by atoms with Gasteiger partial charge in [-0.3, -0.25) is 9.78 Å². The molecule has 3 aromatic rings. The van der Waals surface area contributed by atoms with Crippen LogP contribution in [-0.2, 0) is 11.2 Å². The van der Waals surface area contributed by atoms with Crippen molar-refractivity contribution in [1.29, 1.82) is 0 Å². The predicted molar refractivity (Wildman–Crippen MR) is 95.3 cm³/mol. The molecule has 0 unspecified atom stereocenters. The highest BCUT2D eigenvalue weighted by molar-refractivity contribution is 7.20. The van der Waals surface area contributed by atoms with Gasteiger partial charge < -0.3 is 14.6 Å². The molecule has 0 saturated heterocycles. The fourth-order valence-electron chi connectivity index (χ4n) is 2.28. The van der Waals surface area contributed by atoms with E-state index in [1.54, 1.807) is 12.5 Å². The standard InChI is InChI=1S/C17H18N4O2S/c1-12(22)19-17-20-15(14-7-5-11-23-14)16(24-17)21(2)10-8-13-6-3-4-9-18-13/h3-7,9,11H,8,10H2,1-2H3,(H,19,20,22). The Morgan fingerprint density at radius 2 is 2.21 bits per heavy atom. The largest absolute Gasteiger partial charge is 0.463 e. The highest BCUT2D eigenvalue weighted by atomic mass is 32.1. The molecule has 24 heavy (non-hydrogen) atoms. The Morgan fingerprint density at radius 3 is 2.88 bits per heavy atom. The summed E-state index contributed by atoms with van der Waals surface area (Å²) in [6.45, 7) is 2.25. The number of carbonyl (C=O) groups excluding carboxylic acids is 1. The van der Waals surface area contributed by atoms with Crippen LogP contribution in [0, 0.1) is 0 Å². The number of anilines is 2. The Kier molecular flexibility index (Phi) is 4.90. The molecule has 1 amide bonds. The molecule has 0 bridgehead atoms. The van der Waals surface area contributed by atoms with Gasteiger partial charge in [-0.2, -0.15) is 0 Å². The smallest absolute Gasteiger partial charge is 0.223 e. The van der Waals surface area contributed by atoms with Gasteiger partial charge in [0.1, 0.15) is 10.7 Å². The van der Waals surface area contributed by atoms with Crippen molar-refractivity contribution in [3.8, 4) is 11.5 Å². The van der Waals surface area contributed by atoms with Crippen LogP contribution in [-0.4, -0.2) is 29.5 Å². The quantitative estimate of drug-likeness (QED) is 0.743. The summed E-state index contributed by atoms with van der Waals surface area (Å²) in [4.78, 5) is 22.3. The zero-order valence-corrected chi connectivity index (χ0v) is 14.3. The number of aromatic nitrogens is 2. The van der Waals surface area contributed by atoms with Crippen molar-refractivity contribution in [2.75, 3.05) is 23.8 Å². The molecular formula is C17H18N4O2S. The maximum atomic E-state index is 11.3. The van der Waals surface area contributed by atoms with Crippen LogP contribution < -0.4 is 10.2 Å². The van der Waals surface area contributed by atoms with E-state index in [4.69, 9.17) is 4.42 Å². The monoisotopic (exact) mass is 342 g/mol. The number of likely N-dealkylation sites (N-methyl/N-ethyl adjacent to an activating group) is 1. The van der Waals surface area contributed by atoms with E-state index in [9.17, 15) is 4.79 Å². The number of nitrogens with zero attached hydrogens (tertiary/aromatic N) is 3. The first-order valence-corrected chi connectivity index (χ1v) is 8.38. The van der Waals surface area contributed by atoms with Crippen LogP contribution in [0.2, 0.25) is 0 Å². The molecule has 0 aliphatic carbocycles. The van der Waals surface area contributed by atoms with Gasteiger partial charge in [0.15, 0.2) is 10.9 Å². The Balaban J connectivity index is 1.82. The average Bonchev–Trinajstić information content (AvgIpc) is 3.22. The van der Waals surface area contributed by atoms with E-state index >= 15 is 0 Å². The van der Waals surface area contributed by atoms with E-state index in [0.717, 1.165) is 29.4 Å². The third kappa shape index (κ3) is 3.80. The number of furan rings is 1. The highest BCUT2D eigenvalue weighted by Gasteiger charge is 2.19. The van der Waals surface area contributed by atoms with E-state index in [1.165, 1.54) is 18.3 Å². The predicted octanol–water partition coefficient (Wildman–Crippen LogP) is 3.44. The Labute approximate surface area is 144 Å². The van der Waals surface area contributed by atoms with Gasteiger partial charge in [-0.05, 0) is 24.3 Å². The number of nitrogens with one attached hydrogen (secondary N) is 1. The lowest BCUT2D eigenvalue weighted by Crippen LogP contribution is -2.20. The van der Waals surface area contributed by atoms with Crippen LogP contribution in [0.5, 0.6) is 0 Å². The maximum absolute atomic E-state index is 11.3. The molecule has 0 spiro atoms. The zero-order valence-electron chi connectivity index (χ0n) is 13.5. The van der Waals surface area contributed by atoms with Gasteiger partial charge in [0, 0.05) is 38.8 Å². The summed E-state index contributed by atoms with van der Waals surface area (Å²) in [5, 5.41) is 4.26. The van der Waals surface area contributed by atoms with Crippen LogP contribution in [0.3, 0.4) is 0 Å². The molecule has 6 nitrogen and oxygen atoms in total. The minimum absolute atomic E-state index is 0.141. The molecule has 0 aliphatic rings. The highest BCUT2D eigenvalue weighted by Crippen LogP contribution is 2.38.